The Morgan fingerprint density at radius 2 is 1.94 bits per heavy atom. The fraction of sp³-hybridized carbons (Fsp3) is 0.250. The zero-order chi connectivity index (χ0) is 22.7. The highest BCUT2D eigenvalue weighted by Crippen LogP contribution is 2.35. The fourth-order valence-corrected chi connectivity index (χ4v) is 4.53. The van der Waals surface area contributed by atoms with E-state index in [0.717, 1.165) is 34.1 Å². The van der Waals surface area contributed by atoms with Crippen molar-refractivity contribution >= 4 is 28.1 Å². The van der Waals surface area contributed by atoms with E-state index in [-0.39, 0.29) is 11.8 Å². The molecule has 2 aromatic carbocycles. The monoisotopic (exact) mass is 453 g/mol. The van der Waals surface area contributed by atoms with E-state index in [2.05, 4.69) is 5.32 Å². The molecular formula is C24H24FN3O3S. The lowest BCUT2D eigenvalue weighted by Crippen LogP contribution is -2.07. The number of benzene rings is 2. The van der Waals surface area contributed by atoms with Crippen LogP contribution in [0.5, 0.6) is 5.75 Å². The van der Waals surface area contributed by atoms with Gasteiger partial charge in [0, 0.05) is 17.8 Å². The van der Waals surface area contributed by atoms with Gasteiger partial charge >= 0.3 is 5.97 Å². The van der Waals surface area contributed by atoms with Gasteiger partial charge in [0.2, 0.25) is 0 Å². The average molecular weight is 454 g/mol. The van der Waals surface area contributed by atoms with Gasteiger partial charge in [0.1, 0.15) is 28.0 Å². The summed E-state index contributed by atoms with van der Waals surface area (Å²) in [6, 6.07) is 14.2. The van der Waals surface area contributed by atoms with Crippen molar-refractivity contribution < 1.29 is 18.7 Å². The standard InChI is InChI=1S/C24H24FN3O3S/c1-4-30-19-11-9-17(10-12-19)20-22(26-14-16-7-6-8-18(25)13-16)28-15(3)21(23(29)31-5-2)32-24(28)27-20/h6-13,26H,4-5,14H2,1-3H3. The molecule has 0 aliphatic carbocycles. The largest absolute Gasteiger partial charge is 0.494 e. The molecule has 0 aliphatic heterocycles. The summed E-state index contributed by atoms with van der Waals surface area (Å²) in [5, 5.41) is 3.40. The van der Waals surface area contributed by atoms with Gasteiger partial charge in [-0.2, -0.15) is 0 Å². The van der Waals surface area contributed by atoms with Gasteiger partial charge in [-0.15, -0.1) is 0 Å². The van der Waals surface area contributed by atoms with E-state index in [1.165, 1.54) is 23.5 Å². The van der Waals surface area contributed by atoms with Crippen LogP contribution in [0.15, 0.2) is 48.5 Å². The topological polar surface area (TPSA) is 64.9 Å². The number of aromatic nitrogens is 2. The Bertz CT molecular complexity index is 1250. The molecule has 0 aliphatic rings. The van der Waals surface area contributed by atoms with Gasteiger partial charge in [0.25, 0.3) is 0 Å². The minimum absolute atomic E-state index is 0.286. The van der Waals surface area contributed by atoms with Crippen molar-refractivity contribution in [3.8, 4) is 17.0 Å². The Morgan fingerprint density at radius 1 is 1.16 bits per heavy atom. The van der Waals surface area contributed by atoms with Crippen LogP contribution in [0.4, 0.5) is 10.2 Å². The summed E-state index contributed by atoms with van der Waals surface area (Å²) in [6.45, 7) is 6.89. The second-order valence-electron chi connectivity index (χ2n) is 7.10. The van der Waals surface area contributed by atoms with E-state index in [1.807, 2.05) is 48.6 Å². The molecule has 0 radical (unpaired) electrons. The Morgan fingerprint density at radius 3 is 2.62 bits per heavy atom. The Labute approximate surface area is 189 Å². The number of ether oxygens (including phenoxy) is 2. The molecule has 0 spiro atoms. The van der Waals surface area contributed by atoms with Gasteiger partial charge in [-0.25, -0.2) is 14.2 Å². The fourth-order valence-electron chi connectivity index (χ4n) is 3.50. The third kappa shape index (κ3) is 4.31. The number of fused-ring (bicyclic) bond motifs is 1. The molecule has 0 saturated heterocycles. The minimum Gasteiger partial charge on any atom is -0.494 e. The smallest absolute Gasteiger partial charge is 0.350 e. The van der Waals surface area contributed by atoms with Crippen LogP contribution in [0, 0.1) is 12.7 Å². The number of thiazole rings is 1. The number of hydrogen-bond donors (Lipinski definition) is 1. The highest BCUT2D eigenvalue weighted by Gasteiger charge is 2.23. The van der Waals surface area contributed by atoms with Gasteiger partial charge in [-0.3, -0.25) is 4.40 Å². The molecule has 0 fully saturated rings. The van der Waals surface area contributed by atoms with Crippen LogP contribution in [0.2, 0.25) is 0 Å². The maximum Gasteiger partial charge on any atom is 0.350 e. The predicted octanol–water partition coefficient (Wildman–Crippen LogP) is 5.70. The van der Waals surface area contributed by atoms with Gasteiger partial charge in [-0.1, -0.05) is 23.5 Å². The van der Waals surface area contributed by atoms with Gasteiger partial charge < -0.3 is 14.8 Å². The molecule has 166 valence electrons. The summed E-state index contributed by atoms with van der Waals surface area (Å²) < 4.78 is 26.3. The van der Waals surface area contributed by atoms with Crippen molar-refractivity contribution in [2.75, 3.05) is 18.5 Å². The molecule has 2 aromatic heterocycles. The van der Waals surface area contributed by atoms with Crippen LogP contribution in [0.3, 0.4) is 0 Å². The lowest BCUT2D eigenvalue weighted by atomic mass is 10.1. The maximum atomic E-state index is 13.7. The lowest BCUT2D eigenvalue weighted by Gasteiger charge is -2.11. The molecule has 0 bridgehead atoms. The third-order valence-corrected chi connectivity index (χ3v) is 6.08. The van der Waals surface area contributed by atoms with Crippen LogP contribution >= 0.6 is 11.3 Å². The number of carbonyl (C=O) groups excluding carboxylic acids is 1. The second kappa shape index (κ2) is 9.40. The second-order valence-corrected chi connectivity index (χ2v) is 8.08. The van der Waals surface area contributed by atoms with Crippen molar-refractivity contribution in [2.45, 2.75) is 27.3 Å². The first-order valence-corrected chi connectivity index (χ1v) is 11.2. The molecule has 8 heteroatoms. The van der Waals surface area contributed by atoms with Gasteiger partial charge in [-0.05, 0) is 62.7 Å². The molecule has 6 nitrogen and oxygen atoms in total. The highest BCUT2D eigenvalue weighted by molar-refractivity contribution is 7.19. The maximum absolute atomic E-state index is 13.7. The number of rotatable bonds is 8. The number of anilines is 1. The molecule has 0 unspecified atom stereocenters. The van der Waals surface area contributed by atoms with Gasteiger partial charge in [0.15, 0.2) is 4.96 Å². The van der Waals surface area contributed by atoms with E-state index < -0.39 is 0 Å². The van der Waals surface area contributed by atoms with Crippen molar-refractivity contribution in [1.82, 2.24) is 9.38 Å². The number of nitrogens with zero attached hydrogens (tertiary/aromatic N) is 2. The van der Waals surface area contributed by atoms with E-state index in [9.17, 15) is 9.18 Å². The molecule has 4 aromatic rings. The quantitative estimate of drug-likeness (QED) is 0.347. The van der Waals surface area contributed by atoms with Crippen molar-refractivity contribution in [3.63, 3.8) is 0 Å². The molecule has 0 atom stereocenters. The molecule has 0 amide bonds. The lowest BCUT2D eigenvalue weighted by molar-refractivity contribution is 0.0531. The molecule has 0 saturated carbocycles. The van der Waals surface area contributed by atoms with E-state index in [1.54, 1.807) is 13.0 Å². The van der Waals surface area contributed by atoms with Gasteiger partial charge in [0.05, 0.1) is 13.2 Å². The average Bonchev–Trinajstić information content (AvgIpc) is 3.30. The van der Waals surface area contributed by atoms with Crippen LogP contribution in [-0.4, -0.2) is 28.6 Å². The van der Waals surface area contributed by atoms with Crippen LogP contribution in [0.1, 0.15) is 34.8 Å². The van der Waals surface area contributed by atoms with Crippen molar-refractivity contribution in [2.24, 2.45) is 0 Å². The molecule has 4 rings (SSSR count). The number of esters is 1. The van der Waals surface area contributed by atoms with Crippen LogP contribution < -0.4 is 10.1 Å². The number of aryl methyl sites for hydroxylation is 1. The summed E-state index contributed by atoms with van der Waals surface area (Å²) in [5.74, 6) is 0.870. The first-order valence-electron chi connectivity index (χ1n) is 10.4. The summed E-state index contributed by atoms with van der Waals surface area (Å²) in [4.78, 5) is 18.4. The summed E-state index contributed by atoms with van der Waals surface area (Å²) in [7, 11) is 0. The molecule has 32 heavy (non-hydrogen) atoms. The van der Waals surface area contributed by atoms with Crippen molar-refractivity contribution in [1.29, 1.82) is 0 Å². The number of nitrogens with one attached hydrogen (secondary N) is 1. The van der Waals surface area contributed by atoms with E-state index >= 15 is 0 Å². The zero-order valence-electron chi connectivity index (χ0n) is 18.1. The Balaban J connectivity index is 1.77. The minimum atomic E-state index is -0.362. The number of halogens is 1. The van der Waals surface area contributed by atoms with Crippen molar-refractivity contribution in [3.05, 3.63) is 70.5 Å². The zero-order valence-corrected chi connectivity index (χ0v) is 19.0. The van der Waals surface area contributed by atoms with E-state index in [4.69, 9.17) is 14.5 Å². The SMILES string of the molecule is CCOC(=O)c1sc2nc(-c3ccc(OCC)cc3)c(NCc3cccc(F)c3)n2c1C. The predicted molar refractivity (Wildman–Crippen MR) is 124 cm³/mol. The first-order chi connectivity index (χ1) is 15.5. The van der Waals surface area contributed by atoms with Crippen LogP contribution in [-0.2, 0) is 11.3 Å². The first kappa shape index (κ1) is 21.8. The number of imidazole rings is 1. The Hall–Kier alpha value is -3.39. The number of carbonyl (C=O) groups is 1. The summed E-state index contributed by atoms with van der Waals surface area (Å²) in [6.07, 6.45) is 0. The summed E-state index contributed by atoms with van der Waals surface area (Å²) >= 11 is 1.29. The molecule has 1 N–H and O–H groups in total. The third-order valence-electron chi connectivity index (χ3n) is 4.95. The highest BCUT2D eigenvalue weighted by atomic mass is 32.1. The Kier molecular flexibility index (Phi) is 6.41. The molecular weight excluding hydrogens is 429 g/mol. The van der Waals surface area contributed by atoms with E-state index in [0.29, 0.717) is 29.6 Å². The normalized spacial score (nSPS) is 11.0. The summed E-state index contributed by atoms with van der Waals surface area (Å²) in [5.41, 5.74) is 3.20. The number of hydrogen-bond acceptors (Lipinski definition) is 6. The van der Waals surface area contributed by atoms with Crippen LogP contribution in [0.25, 0.3) is 16.2 Å². The molecule has 2 heterocycles.